The van der Waals surface area contributed by atoms with E-state index >= 15 is 0 Å². The molecule has 0 unspecified atom stereocenters. The summed E-state index contributed by atoms with van der Waals surface area (Å²) in [6.07, 6.45) is 4.89. The van der Waals surface area contributed by atoms with E-state index in [1.54, 1.807) is 12.1 Å². The Kier molecular flexibility index (Phi) is 2.59. The Balaban J connectivity index is 2.10. The summed E-state index contributed by atoms with van der Waals surface area (Å²) >= 11 is 0. The number of allylic oxidation sites excluding steroid dienone is 1. The Morgan fingerprint density at radius 3 is 2.68 bits per heavy atom. The number of aromatic nitrogens is 2. The second-order valence-corrected chi connectivity index (χ2v) is 5.51. The van der Waals surface area contributed by atoms with Crippen molar-refractivity contribution >= 4 is 6.08 Å². The summed E-state index contributed by atoms with van der Waals surface area (Å²) in [6.45, 7) is 8.48. The van der Waals surface area contributed by atoms with Gasteiger partial charge in [0, 0.05) is 0 Å². The average molecular weight is 255 g/mol. The molecule has 1 radical (unpaired) electrons. The number of nitrogens with zero attached hydrogens (tertiary/aromatic N) is 2. The van der Waals surface area contributed by atoms with Crippen LogP contribution in [0.1, 0.15) is 25.1 Å². The maximum Gasteiger partial charge on any atom is 0.123 e. The van der Waals surface area contributed by atoms with Crippen LogP contribution >= 0.6 is 0 Å². The van der Waals surface area contributed by atoms with Gasteiger partial charge in [-0.2, -0.15) is 5.10 Å². The van der Waals surface area contributed by atoms with E-state index in [4.69, 9.17) is 0 Å². The molecule has 0 bridgehead atoms. The van der Waals surface area contributed by atoms with E-state index in [0.29, 0.717) is 0 Å². The fourth-order valence-corrected chi connectivity index (χ4v) is 2.41. The summed E-state index contributed by atoms with van der Waals surface area (Å²) in [7, 11) is 0. The van der Waals surface area contributed by atoms with Gasteiger partial charge in [-0.3, -0.25) is 0 Å². The SMILES string of the molecule is [CH2][C@]1(C)Cc2cnn(-c3ccc(F)cc3)c2C=C1C. The minimum Gasteiger partial charge on any atom is -0.233 e. The summed E-state index contributed by atoms with van der Waals surface area (Å²) in [5.41, 5.74) is 4.31. The summed E-state index contributed by atoms with van der Waals surface area (Å²) in [6, 6.07) is 6.39. The van der Waals surface area contributed by atoms with E-state index in [-0.39, 0.29) is 11.2 Å². The lowest BCUT2D eigenvalue weighted by Gasteiger charge is -2.29. The Bertz CT molecular complexity index is 648. The van der Waals surface area contributed by atoms with Gasteiger partial charge in [0.2, 0.25) is 0 Å². The maximum absolute atomic E-state index is 13.0. The lowest BCUT2D eigenvalue weighted by Crippen LogP contribution is -2.21. The Labute approximate surface area is 112 Å². The minimum absolute atomic E-state index is 0.0658. The highest BCUT2D eigenvalue weighted by Crippen LogP contribution is 2.37. The van der Waals surface area contributed by atoms with Crippen LogP contribution in [0.25, 0.3) is 11.8 Å². The van der Waals surface area contributed by atoms with Gasteiger partial charge in [0.15, 0.2) is 0 Å². The zero-order chi connectivity index (χ0) is 13.6. The van der Waals surface area contributed by atoms with Crippen LogP contribution in [-0.2, 0) is 6.42 Å². The van der Waals surface area contributed by atoms with Crippen molar-refractivity contribution in [1.29, 1.82) is 0 Å². The van der Waals surface area contributed by atoms with Crippen LogP contribution in [0.5, 0.6) is 0 Å². The maximum atomic E-state index is 13.0. The number of hydrogen-bond donors (Lipinski definition) is 0. The van der Waals surface area contributed by atoms with Gasteiger partial charge in [0.05, 0.1) is 17.6 Å². The first-order chi connectivity index (χ1) is 8.97. The third-order valence-electron chi connectivity index (χ3n) is 3.84. The third-order valence-corrected chi connectivity index (χ3v) is 3.84. The first-order valence-corrected chi connectivity index (χ1v) is 6.34. The van der Waals surface area contributed by atoms with Crippen molar-refractivity contribution in [3.05, 3.63) is 60.0 Å². The molecule has 0 saturated carbocycles. The number of halogens is 1. The quantitative estimate of drug-likeness (QED) is 0.757. The van der Waals surface area contributed by atoms with Crippen LogP contribution in [0.15, 0.2) is 36.0 Å². The molecule has 1 aliphatic rings. The Hall–Kier alpha value is -1.90. The fourth-order valence-electron chi connectivity index (χ4n) is 2.41. The highest BCUT2D eigenvalue weighted by molar-refractivity contribution is 5.60. The molecule has 2 nitrogen and oxygen atoms in total. The fraction of sp³-hybridized carbons (Fsp3) is 0.250. The highest BCUT2D eigenvalue weighted by Gasteiger charge is 2.28. The molecule has 0 saturated heterocycles. The molecule has 0 amide bonds. The highest BCUT2D eigenvalue weighted by atomic mass is 19.1. The van der Waals surface area contributed by atoms with Gasteiger partial charge in [0.1, 0.15) is 5.82 Å². The molecule has 0 spiro atoms. The molecule has 0 aliphatic heterocycles. The first-order valence-electron chi connectivity index (χ1n) is 6.34. The van der Waals surface area contributed by atoms with Crippen molar-refractivity contribution in [1.82, 2.24) is 9.78 Å². The van der Waals surface area contributed by atoms with Gasteiger partial charge in [-0.15, -0.1) is 0 Å². The van der Waals surface area contributed by atoms with Gasteiger partial charge in [-0.05, 0) is 61.6 Å². The van der Waals surface area contributed by atoms with Crippen LogP contribution in [0.3, 0.4) is 0 Å². The molecule has 1 heterocycles. The molecule has 0 N–H and O–H groups in total. The lowest BCUT2D eigenvalue weighted by molar-refractivity contribution is 0.502. The molecule has 97 valence electrons. The summed E-state index contributed by atoms with van der Waals surface area (Å²) < 4.78 is 14.8. The van der Waals surface area contributed by atoms with Gasteiger partial charge in [-0.25, -0.2) is 9.07 Å². The van der Waals surface area contributed by atoms with Crippen molar-refractivity contribution in [3.63, 3.8) is 0 Å². The van der Waals surface area contributed by atoms with Crippen molar-refractivity contribution in [2.75, 3.05) is 0 Å². The number of benzene rings is 1. The lowest BCUT2D eigenvalue weighted by atomic mass is 9.76. The summed E-state index contributed by atoms with van der Waals surface area (Å²) in [5, 5.41) is 4.42. The topological polar surface area (TPSA) is 17.8 Å². The van der Waals surface area contributed by atoms with Gasteiger partial charge in [-0.1, -0.05) is 12.5 Å². The molecular weight excluding hydrogens is 239 g/mol. The predicted molar refractivity (Wildman–Crippen MR) is 74.3 cm³/mol. The average Bonchev–Trinajstić information content (AvgIpc) is 2.73. The summed E-state index contributed by atoms with van der Waals surface area (Å²) in [5.74, 6) is -0.234. The molecule has 19 heavy (non-hydrogen) atoms. The smallest absolute Gasteiger partial charge is 0.123 e. The van der Waals surface area contributed by atoms with Crippen molar-refractivity contribution in [2.24, 2.45) is 5.41 Å². The Morgan fingerprint density at radius 2 is 2.00 bits per heavy atom. The summed E-state index contributed by atoms with van der Waals surface area (Å²) in [4.78, 5) is 0. The van der Waals surface area contributed by atoms with Crippen LogP contribution in [0, 0.1) is 18.2 Å². The number of hydrogen-bond acceptors (Lipinski definition) is 1. The first kappa shape index (κ1) is 12.2. The standard InChI is InChI=1S/C16H16FN2/c1-11-8-15-12(9-16(11,2)3)10-18-19(15)14-6-4-13(17)5-7-14/h4-8,10H,2,9H2,1,3H3/t16-/m0/s1. The van der Waals surface area contributed by atoms with E-state index in [0.717, 1.165) is 17.8 Å². The molecule has 1 aromatic carbocycles. The van der Waals surface area contributed by atoms with Gasteiger partial charge < -0.3 is 0 Å². The van der Waals surface area contributed by atoms with E-state index in [2.05, 4.69) is 31.9 Å². The molecular formula is C16H16FN2. The largest absolute Gasteiger partial charge is 0.233 e. The molecule has 3 heteroatoms. The number of fused-ring (bicyclic) bond motifs is 1. The molecule has 3 rings (SSSR count). The minimum atomic E-state index is -0.234. The van der Waals surface area contributed by atoms with E-state index in [1.165, 1.54) is 23.3 Å². The van der Waals surface area contributed by atoms with E-state index in [1.807, 2.05) is 10.9 Å². The van der Waals surface area contributed by atoms with E-state index < -0.39 is 0 Å². The van der Waals surface area contributed by atoms with Crippen LogP contribution < -0.4 is 0 Å². The van der Waals surface area contributed by atoms with Crippen LogP contribution in [-0.4, -0.2) is 9.78 Å². The third kappa shape index (κ3) is 1.99. The number of rotatable bonds is 1. The second kappa shape index (κ2) is 4.05. The Morgan fingerprint density at radius 1 is 1.32 bits per heavy atom. The van der Waals surface area contributed by atoms with Gasteiger partial charge >= 0.3 is 0 Å². The van der Waals surface area contributed by atoms with Crippen LogP contribution in [0.2, 0.25) is 0 Å². The molecule has 1 atom stereocenters. The van der Waals surface area contributed by atoms with Crippen molar-refractivity contribution < 1.29 is 4.39 Å². The van der Waals surface area contributed by atoms with Crippen LogP contribution in [0.4, 0.5) is 4.39 Å². The van der Waals surface area contributed by atoms with E-state index in [9.17, 15) is 4.39 Å². The van der Waals surface area contributed by atoms with Crippen molar-refractivity contribution in [2.45, 2.75) is 20.3 Å². The second-order valence-electron chi connectivity index (χ2n) is 5.51. The normalized spacial score (nSPS) is 16.9. The monoisotopic (exact) mass is 255 g/mol. The molecule has 1 aromatic heterocycles. The zero-order valence-corrected chi connectivity index (χ0v) is 11.2. The predicted octanol–water partition coefficient (Wildman–Crippen LogP) is 3.81. The molecule has 2 aromatic rings. The van der Waals surface area contributed by atoms with Crippen molar-refractivity contribution in [3.8, 4) is 5.69 Å². The molecule has 0 fully saturated rings. The zero-order valence-electron chi connectivity index (χ0n) is 11.2. The molecule has 1 aliphatic carbocycles. The van der Waals surface area contributed by atoms with Gasteiger partial charge in [0.25, 0.3) is 0 Å².